The van der Waals surface area contributed by atoms with Gasteiger partial charge in [0.15, 0.2) is 0 Å². The molecule has 116 valence electrons. The van der Waals surface area contributed by atoms with Crippen LogP contribution in [-0.4, -0.2) is 37.5 Å². The monoisotopic (exact) mass is 313 g/mol. The lowest BCUT2D eigenvalue weighted by atomic mass is 10.1. The lowest BCUT2D eigenvalue weighted by molar-refractivity contribution is -0.123. The number of rotatable bonds is 6. The molecule has 7 nitrogen and oxygen atoms in total. The van der Waals surface area contributed by atoms with Gasteiger partial charge in [0.25, 0.3) is 0 Å². The highest BCUT2D eigenvalue weighted by molar-refractivity contribution is 7.16. The fraction of sp³-hybridized carbons (Fsp3) is 0.462. The highest BCUT2D eigenvalue weighted by atomic mass is 32.1. The maximum atomic E-state index is 11.9. The summed E-state index contributed by atoms with van der Waals surface area (Å²) < 4.78 is 4.99. The molecule has 8 heteroatoms. The Hall–Kier alpha value is -1.93. The van der Waals surface area contributed by atoms with Crippen molar-refractivity contribution in [3.63, 3.8) is 0 Å². The molecular weight excluding hydrogens is 294 g/mol. The van der Waals surface area contributed by atoms with Gasteiger partial charge in [-0.15, -0.1) is 11.3 Å². The minimum atomic E-state index is -0.472. The second-order valence-electron chi connectivity index (χ2n) is 4.24. The molecule has 1 aromatic heterocycles. The maximum absolute atomic E-state index is 11.9. The molecule has 0 spiro atoms. The summed E-state index contributed by atoms with van der Waals surface area (Å²) in [7, 11) is 0. The predicted octanol–water partition coefficient (Wildman–Crippen LogP) is 0.555. The van der Waals surface area contributed by atoms with Gasteiger partial charge in [-0.2, -0.15) is 0 Å². The van der Waals surface area contributed by atoms with Gasteiger partial charge >= 0.3 is 5.97 Å². The fourth-order valence-electron chi connectivity index (χ4n) is 1.59. The third-order valence-electron chi connectivity index (χ3n) is 2.75. The summed E-state index contributed by atoms with van der Waals surface area (Å²) in [6.07, 6.45) is 0. The number of carbonyl (C=O) groups is 3. The predicted molar refractivity (Wildman–Crippen MR) is 80.4 cm³/mol. The topological polar surface area (TPSA) is 111 Å². The highest BCUT2D eigenvalue weighted by Crippen LogP contribution is 2.32. The van der Waals surface area contributed by atoms with Crippen molar-refractivity contribution in [2.24, 2.45) is 5.73 Å². The molecular formula is C13H19N3O4S. The van der Waals surface area contributed by atoms with Crippen LogP contribution in [0.1, 0.15) is 27.7 Å². The van der Waals surface area contributed by atoms with Crippen LogP contribution in [0.15, 0.2) is 0 Å². The first-order valence-electron chi connectivity index (χ1n) is 6.44. The van der Waals surface area contributed by atoms with Crippen molar-refractivity contribution in [2.45, 2.75) is 20.8 Å². The van der Waals surface area contributed by atoms with Crippen LogP contribution in [0.2, 0.25) is 0 Å². The van der Waals surface area contributed by atoms with E-state index in [1.54, 1.807) is 13.8 Å². The first-order chi connectivity index (χ1) is 9.90. The van der Waals surface area contributed by atoms with Gasteiger partial charge in [0.05, 0.1) is 25.3 Å². The van der Waals surface area contributed by atoms with E-state index in [-0.39, 0.29) is 19.7 Å². The molecule has 0 unspecified atom stereocenters. The quantitative estimate of drug-likeness (QED) is 0.664. The van der Waals surface area contributed by atoms with E-state index in [0.29, 0.717) is 10.6 Å². The van der Waals surface area contributed by atoms with Crippen LogP contribution in [0.5, 0.6) is 0 Å². The zero-order valence-electron chi connectivity index (χ0n) is 12.2. The Morgan fingerprint density at radius 2 is 1.90 bits per heavy atom. The van der Waals surface area contributed by atoms with E-state index in [1.165, 1.54) is 11.3 Å². The number of ether oxygens (including phenoxy) is 1. The molecule has 4 N–H and O–H groups in total. The Morgan fingerprint density at radius 3 is 2.48 bits per heavy atom. The molecule has 1 heterocycles. The Morgan fingerprint density at radius 1 is 1.24 bits per heavy atom. The Balaban J connectivity index is 2.83. The summed E-state index contributed by atoms with van der Waals surface area (Å²) in [6.45, 7) is 5.24. The van der Waals surface area contributed by atoms with E-state index < -0.39 is 17.8 Å². The van der Waals surface area contributed by atoms with E-state index in [9.17, 15) is 14.4 Å². The number of hydrogen-bond acceptors (Lipinski definition) is 6. The largest absolute Gasteiger partial charge is 0.462 e. The number of hydrogen-bond donors (Lipinski definition) is 3. The molecule has 0 aliphatic rings. The summed E-state index contributed by atoms with van der Waals surface area (Å²) in [6, 6.07) is 0. The van der Waals surface area contributed by atoms with Gasteiger partial charge in [0, 0.05) is 4.88 Å². The highest BCUT2D eigenvalue weighted by Gasteiger charge is 2.22. The van der Waals surface area contributed by atoms with Crippen LogP contribution in [-0.2, 0) is 14.3 Å². The smallest absolute Gasteiger partial charge is 0.341 e. The van der Waals surface area contributed by atoms with Crippen molar-refractivity contribution in [2.75, 3.05) is 25.0 Å². The van der Waals surface area contributed by atoms with Crippen LogP contribution in [0.3, 0.4) is 0 Å². The molecule has 1 rings (SSSR count). The first kappa shape index (κ1) is 17.1. The zero-order valence-corrected chi connectivity index (χ0v) is 13.1. The third kappa shape index (κ3) is 4.54. The van der Waals surface area contributed by atoms with E-state index in [0.717, 1.165) is 10.4 Å². The SMILES string of the molecule is CCOC(=O)c1c(NC(=O)CNC(=O)CN)sc(C)c1C. The second-order valence-corrected chi connectivity index (χ2v) is 5.46. The Kier molecular flexibility index (Phi) is 6.32. The van der Waals surface area contributed by atoms with Gasteiger partial charge in [-0.05, 0) is 26.3 Å². The van der Waals surface area contributed by atoms with Gasteiger partial charge in [-0.25, -0.2) is 4.79 Å². The summed E-state index contributed by atoms with van der Waals surface area (Å²) >= 11 is 1.29. The number of thiophene rings is 1. The molecule has 0 aliphatic carbocycles. The van der Waals surface area contributed by atoms with Crippen molar-refractivity contribution >= 4 is 34.1 Å². The molecule has 0 aliphatic heterocycles. The third-order valence-corrected chi connectivity index (χ3v) is 3.87. The Bertz CT molecular complexity index is 554. The molecule has 0 fully saturated rings. The minimum absolute atomic E-state index is 0.182. The molecule has 1 aromatic rings. The van der Waals surface area contributed by atoms with E-state index in [1.807, 2.05) is 6.92 Å². The van der Waals surface area contributed by atoms with Crippen molar-refractivity contribution < 1.29 is 19.1 Å². The van der Waals surface area contributed by atoms with E-state index in [2.05, 4.69) is 10.6 Å². The van der Waals surface area contributed by atoms with Crippen LogP contribution >= 0.6 is 11.3 Å². The summed E-state index contributed by atoms with van der Waals surface area (Å²) in [5, 5.41) is 5.40. The number of nitrogens with one attached hydrogen (secondary N) is 2. The van der Waals surface area contributed by atoms with E-state index in [4.69, 9.17) is 10.5 Å². The number of aryl methyl sites for hydroxylation is 1. The molecule has 2 amide bonds. The standard InChI is InChI=1S/C13H19N3O4S/c1-4-20-13(19)11-7(2)8(3)21-12(11)16-10(18)6-15-9(17)5-14/h4-6,14H2,1-3H3,(H,15,17)(H,16,18). The maximum Gasteiger partial charge on any atom is 0.341 e. The molecule has 21 heavy (non-hydrogen) atoms. The molecule has 0 radical (unpaired) electrons. The summed E-state index contributed by atoms with van der Waals surface area (Å²) in [4.78, 5) is 35.6. The fourth-order valence-corrected chi connectivity index (χ4v) is 2.65. The van der Waals surface area contributed by atoms with Crippen molar-refractivity contribution in [3.05, 3.63) is 16.0 Å². The van der Waals surface area contributed by atoms with Gasteiger partial charge in [-0.3, -0.25) is 9.59 Å². The Labute approximate surface area is 126 Å². The average molecular weight is 313 g/mol. The minimum Gasteiger partial charge on any atom is -0.462 e. The average Bonchev–Trinajstić information content (AvgIpc) is 2.71. The summed E-state index contributed by atoms with van der Waals surface area (Å²) in [5.41, 5.74) is 6.26. The number of anilines is 1. The van der Waals surface area contributed by atoms with Crippen molar-refractivity contribution in [1.82, 2.24) is 5.32 Å². The van der Waals surface area contributed by atoms with Crippen LogP contribution in [0.4, 0.5) is 5.00 Å². The van der Waals surface area contributed by atoms with Crippen LogP contribution in [0.25, 0.3) is 0 Å². The normalized spacial score (nSPS) is 10.1. The van der Waals surface area contributed by atoms with Crippen LogP contribution < -0.4 is 16.4 Å². The summed E-state index contributed by atoms with van der Waals surface area (Å²) in [5.74, 6) is -1.32. The lowest BCUT2D eigenvalue weighted by Gasteiger charge is -2.07. The van der Waals surface area contributed by atoms with Gasteiger partial charge in [-0.1, -0.05) is 0 Å². The van der Waals surface area contributed by atoms with E-state index >= 15 is 0 Å². The van der Waals surface area contributed by atoms with Crippen LogP contribution in [0, 0.1) is 13.8 Å². The van der Waals surface area contributed by atoms with Crippen molar-refractivity contribution in [1.29, 1.82) is 0 Å². The first-order valence-corrected chi connectivity index (χ1v) is 7.26. The molecule has 0 saturated heterocycles. The van der Waals surface area contributed by atoms with Crippen molar-refractivity contribution in [3.8, 4) is 0 Å². The lowest BCUT2D eigenvalue weighted by Crippen LogP contribution is -2.36. The van der Waals surface area contributed by atoms with Gasteiger partial charge in [0.2, 0.25) is 11.8 Å². The number of amides is 2. The second kappa shape index (κ2) is 7.75. The van der Waals surface area contributed by atoms with Gasteiger partial charge < -0.3 is 21.1 Å². The molecule has 0 saturated carbocycles. The number of esters is 1. The van der Waals surface area contributed by atoms with Gasteiger partial charge in [0.1, 0.15) is 5.00 Å². The zero-order chi connectivity index (χ0) is 16.0. The molecule has 0 bridgehead atoms. The molecule has 0 atom stereocenters. The number of carbonyl (C=O) groups excluding carboxylic acids is 3. The molecule has 0 aromatic carbocycles. The number of nitrogens with two attached hydrogens (primary N) is 1.